The lowest BCUT2D eigenvalue weighted by Crippen LogP contribution is -2.22. The lowest BCUT2D eigenvalue weighted by molar-refractivity contribution is 0.324. The van der Waals surface area contributed by atoms with Gasteiger partial charge in [0.1, 0.15) is 0 Å². The van der Waals surface area contributed by atoms with Gasteiger partial charge in [0.2, 0.25) is 0 Å². The van der Waals surface area contributed by atoms with Crippen LogP contribution in [0, 0.1) is 5.92 Å². The van der Waals surface area contributed by atoms with E-state index in [-0.39, 0.29) is 0 Å². The molecule has 1 fully saturated rings. The molecule has 1 aliphatic heterocycles. The Morgan fingerprint density at radius 2 is 1.17 bits per heavy atom. The minimum Gasteiger partial charge on any atom is -0.303 e. The zero-order valence-electron chi connectivity index (χ0n) is 16.3. The van der Waals surface area contributed by atoms with Crippen molar-refractivity contribution in [3.63, 3.8) is 0 Å². The molecular formula is C21H44N2. The normalized spacial score (nSPS) is 15.8. The molecule has 0 saturated carbocycles. The number of nitrogens with one attached hydrogen (secondary N) is 1. The number of nitrogens with zero attached hydrogens (tertiary/aromatic N) is 1. The lowest BCUT2D eigenvalue weighted by atomic mass is 10.0. The topological polar surface area (TPSA) is 15.3 Å². The third-order valence-corrected chi connectivity index (χ3v) is 5.20. The molecule has 0 spiro atoms. The van der Waals surface area contributed by atoms with Crippen LogP contribution in [-0.4, -0.2) is 31.2 Å². The van der Waals surface area contributed by atoms with E-state index in [1.54, 1.807) is 0 Å². The van der Waals surface area contributed by atoms with Crippen molar-refractivity contribution in [2.24, 2.45) is 5.92 Å². The fourth-order valence-electron chi connectivity index (χ4n) is 3.58. The maximum absolute atomic E-state index is 3.40. The highest BCUT2D eigenvalue weighted by molar-refractivity contribution is 4.65. The van der Waals surface area contributed by atoms with Crippen molar-refractivity contribution >= 4 is 0 Å². The summed E-state index contributed by atoms with van der Waals surface area (Å²) in [4.78, 5) is 2.54. The SMILES string of the molecule is CC(C)CCCCCCCCCCCCCCCN1CCNC1. The molecule has 0 unspecified atom stereocenters. The number of hydrogen-bond acceptors (Lipinski definition) is 2. The Kier molecular flexibility index (Phi) is 14.1. The zero-order valence-corrected chi connectivity index (χ0v) is 16.3. The predicted molar refractivity (Wildman–Crippen MR) is 104 cm³/mol. The summed E-state index contributed by atoms with van der Waals surface area (Å²) in [6, 6.07) is 0. The second-order valence-electron chi connectivity index (χ2n) is 8.05. The van der Waals surface area contributed by atoms with Gasteiger partial charge in [0.25, 0.3) is 0 Å². The van der Waals surface area contributed by atoms with Gasteiger partial charge in [-0.3, -0.25) is 4.90 Å². The number of rotatable bonds is 16. The fourth-order valence-corrected chi connectivity index (χ4v) is 3.58. The quantitative estimate of drug-likeness (QED) is 0.352. The van der Waals surface area contributed by atoms with Crippen LogP contribution in [0.2, 0.25) is 0 Å². The van der Waals surface area contributed by atoms with Gasteiger partial charge in [-0.05, 0) is 18.9 Å². The molecule has 23 heavy (non-hydrogen) atoms. The predicted octanol–water partition coefficient (Wildman–Crippen LogP) is 5.97. The fraction of sp³-hybridized carbons (Fsp3) is 1.00. The Balaban J connectivity index is 1.65. The molecule has 1 saturated heterocycles. The molecule has 0 atom stereocenters. The van der Waals surface area contributed by atoms with Crippen LogP contribution in [0.15, 0.2) is 0 Å². The molecule has 2 heteroatoms. The van der Waals surface area contributed by atoms with Crippen LogP contribution in [0.1, 0.15) is 104 Å². The summed E-state index contributed by atoms with van der Waals surface area (Å²) in [5.41, 5.74) is 0. The van der Waals surface area contributed by atoms with E-state index < -0.39 is 0 Å². The summed E-state index contributed by atoms with van der Waals surface area (Å²) in [7, 11) is 0. The summed E-state index contributed by atoms with van der Waals surface area (Å²) in [5.74, 6) is 0.896. The average Bonchev–Trinajstić information content (AvgIpc) is 3.04. The van der Waals surface area contributed by atoms with Gasteiger partial charge in [-0.1, -0.05) is 97.3 Å². The van der Waals surface area contributed by atoms with Gasteiger partial charge in [-0.15, -0.1) is 0 Å². The highest BCUT2D eigenvalue weighted by Crippen LogP contribution is 2.14. The van der Waals surface area contributed by atoms with Gasteiger partial charge >= 0.3 is 0 Å². The second kappa shape index (κ2) is 15.4. The van der Waals surface area contributed by atoms with Crippen molar-refractivity contribution in [3.05, 3.63) is 0 Å². The van der Waals surface area contributed by atoms with E-state index in [4.69, 9.17) is 0 Å². The maximum Gasteiger partial charge on any atom is 0.0481 e. The molecule has 0 aliphatic carbocycles. The van der Waals surface area contributed by atoms with E-state index >= 15 is 0 Å². The smallest absolute Gasteiger partial charge is 0.0481 e. The minimum atomic E-state index is 0.896. The van der Waals surface area contributed by atoms with Crippen molar-refractivity contribution in [1.82, 2.24) is 10.2 Å². The largest absolute Gasteiger partial charge is 0.303 e. The summed E-state index contributed by atoms with van der Waals surface area (Å²) in [5, 5.41) is 3.40. The van der Waals surface area contributed by atoms with Gasteiger partial charge in [-0.25, -0.2) is 0 Å². The molecule has 2 nitrogen and oxygen atoms in total. The molecule has 0 amide bonds. The average molecular weight is 325 g/mol. The molecule has 1 aliphatic rings. The van der Waals surface area contributed by atoms with Crippen LogP contribution in [0.5, 0.6) is 0 Å². The van der Waals surface area contributed by atoms with E-state index in [0.717, 1.165) is 12.6 Å². The monoisotopic (exact) mass is 324 g/mol. The van der Waals surface area contributed by atoms with E-state index in [2.05, 4.69) is 24.1 Å². The van der Waals surface area contributed by atoms with Crippen LogP contribution in [-0.2, 0) is 0 Å². The maximum atomic E-state index is 3.40. The molecule has 0 aromatic heterocycles. The molecule has 1 heterocycles. The van der Waals surface area contributed by atoms with Crippen LogP contribution < -0.4 is 5.32 Å². The first-order valence-electron chi connectivity index (χ1n) is 10.7. The first-order chi connectivity index (χ1) is 11.3. The second-order valence-corrected chi connectivity index (χ2v) is 8.05. The van der Waals surface area contributed by atoms with Crippen molar-refractivity contribution < 1.29 is 0 Å². The highest BCUT2D eigenvalue weighted by Gasteiger charge is 2.08. The Bertz CT molecular complexity index is 234. The van der Waals surface area contributed by atoms with Crippen molar-refractivity contribution in [3.8, 4) is 0 Å². The molecule has 1 N–H and O–H groups in total. The number of unbranched alkanes of at least 4 members (excludes halogenated alkanes) is 12. The van der Waals surface area contributed by atoms with E-state index in [1.165, 1.54) is 110 Å². The van der Waals surface area contributed by atoms with Gasteiger partial charge in [0, 0.05) is 19.8 Å². The standard InChI is InChI=1S/C21H44N2/c1-21(2)16-14-12-10-8-6-4-3-5-7-9-11-13-15-18-23-19-17-22-20-23/h21-22H,3-20H2,1-2H3. The Hall–Kier alpha value is -0.0800. The van der Waals surface area contributed by atoms with Crippen LogP contribution in [0.25, 0.3) is 0 Å². The van der Waals surface area contributed by atoms with Gasteiger partial charge in [0.05, 0.1) is 0 Å². The molecule has 0 aromatic carbocycles. The summed E-state index contributed by atoms with van der Waals surface area (Å²) in [6.07, 6.45) is 20.4. The van der Waals surface area contributed by atoms with Gasteiger partial charge in [0.15, 0.2) is 0 Å². The molecule has 0 bridgehead atoms. The minimum absolute atomic E-state index is 0.896. The summed E-state index contributed by atoms with van der Waals surface area (Å²) in [6.45, 7) is 9.56. The lowest BCUT2D eigenvalue weighted by Gasteiger charge is -2.12. The Morgan fingerprint density at radius 1 is 0.696 bits per heavy atom. The summed E-state index contributed by atoms with van der Waals surface area (Å²) < 4.78 is 0. The first-order valence-corrected chi connectivity index (χ1v) is 10.7. The molecular weight excluding hydrogens is 280 g/mol. The van der Waals surface area contributed by atoms with Gasteiger partial charge in [-0.2, -0.15) is 0 Å². The Labute approximate surface area is 146 Å². The number of hydrogen-bond donors (Lipinski definition) is 1. The molecule has 0 radical (unpaired) electrons. The molecule has 0 aromatic rings. The van der Waals surface area contributed by atoms with E-state index in [1.807, 2.05) is 0 Å². The van der Waals surface area contributed by atoms with Crippen molar-refractivity contribution in [2.75, 3.05) is 26.3 Å². The van der Waals surface area contributed by atoms with E-state index in [9.17, 15) is 0 Å². The van der Waals surface area contributed by atoms with E-state index in [0.29, 0.717) is 0 Å². The zero-order chi connectivity index (χ0) is 16.6. The van der Waals surface area contributed by atoms with Crippen molar-refractivity contribution in [1.29, 1.82) is 0 Å². The van der Waals surface area contributed by atoms with Gasteiger partial charge < -0.3 is 5.32 Å². The highest BCUT2D eigenvalue weighted by atomic mass is 15.3. The van der Waals surface area contributed by atoms with Crippen molar-refractivity contribution in [2.45, 2.75) is 104 Å². The van der Waals surface area contributed by atoms with Crippen LogP contribution >= 0.6 is 0 Å². The molecule has 1 rings (SSSR count). The first kappa shape index (κ1) is 21.0. The van der Waals surface area contributed by atoms with Crippen LogP contribution in [0.3, 0.4) is 0 Å². The third kappa shape index (κ3) is 14.0. The Morgan fingerprint density at radius 3 is 1.61 bits per heavy atom. The summed E-state index contributed by atoms with van der Waals surface area (Å²) >= 11 is 0. The molecule has 138 valence electrons. The third-order valence-electron chi connectivity index (χ3n) is 5.20. The van der Waals surface area contributed by atoms with Crippen LogP contribution in [0.4, 0.5) is 0 Å².